The molecule has 0 amide bonds. The van der Waals surface area contributed by atoms with Gasteiger partial charge in [-0.05, 0) is 61.1 Å². The minimum atomic E-state index is -0.557. The maximum Gasteiger partial charge on any atom is 0.323 e. The average Bonchev–Trinajstić information content (AvgIpc) is 3.36. The van der Waals surface area contributed by atoms with Crippen molar-refractivity contribution >= 4 is 11.8 Å². The van der Waals surface area contributed by atoms with Gasteiger partial charge in [0.1, 0.15) is 11.6 Å². The molecule has 1 aromatic heterocycles. The highest BCUT2D eigenvalue weighted by Crippen LogP contribution is 2.33. The van der Waals surface area contributed by atoms with Crippen molar-refractivity contribution in [3.05, 3.63) is 53.6 Å². The van der Waals surface area contributed by atoms with Gasteiger partial charge < -0.3 is 10.1 Å². The van der Waals surface area contributed by atoms with Gasteiger partial charge in [-0.1, -0.05) is 63.6 Å². The average molecular weight is 492 g/mol. The van der Waals surface area contributed by atoms with E-state index in [9.17, 15) is 9.59 Å². The third-order valence-electron chi connectivity index (χ3n) is 5.80. The van der Waals surface area contributed by atoms with E-state index in [2.05, 4.69) is 32.9 Å². The fourth-order valence-electron chi connectivity index (χ4n) is 4.01. The predicted molar refractivity (Wildman–Crippen MR) is 140 cm³/mol. The van der Waals surface area contributed by atoms with Crippen LogP contribution in [0.5, 0.6) is 0 Å². The number of carbonyl (C=O) groups is 2. The van der Waals surface area contributed by atoms with Crippen LogP contribution in [0.1, 0.15) is 76.7 Å². The van der Waals surface area contributed by atoms with Gasteiger partial charge in [-0.25, -0.2) is 0 Å². The molecule has 8 nitrogen and oxygen atoms in total. The summed E-state index contributed by atoms with van der Waals surface area (Å²) in [7, 11) is 0. The Balaban J connectivity index is 1.94. The van der Waals surface area contributed by atoms with Gasteiger partial charge in [0.05, 0.1) is 0 Å². The van der Waals surface area contributed by atoms with Crippen molar-refractivity contribution in [2.24, 2.45) is 5.92 Å². The molecule has 2 aromatic carbocycles. The Hall–Kier alpha value is -3.39. The molecule has 0 spiro atoms. The largest absolute Gasteiger partial charge is 0.459 e. The van der Waals surface area contributed by atoms with Gasteiger partial charge in [0.15, 0.2) is 5.78 Å². The summed E-state index contributed by atoms with van der Waals surface area (Å²) in [5.41, 5.74) is 3.51. The molecule has 0 saturated carbocycles. The number of Topliss-reactive ketones (excluding diaryl/α,β-unsaturated/α-hetero) is 1. The van der Waals surface area contributed by atoms with Crippen LogP contribution in [0, 0.1) is 5.92 Å². The van der Waals surface area contributed by atoms with E-state index >= 15 is 0 Å². The number of carbonyl (C=O) groups excluding carboxylic acids is 2. The second-order valence-electron chi connectivity index (χ2n) is 10.3. The number of rotatable bonds is 11. The summed E-state index contributed by atoms with van der Waals surface area (Å²) in [5.74, 6) is 0.332. The number of aromatic nitrogens is 4. The van der Waals surface area contributed by atoms with Gasteiger partial charge >= 0.3 is 5.97 Å². The quantitative estimate of drug-likeness (QED) is 0.274. The lowest BCUT2D eigenvalue weighted by molar-refractivity contribution is -0.158. The summed E-state index contributed by atoms with van der Waals surface area (Å²) in [4.78, 5) is 26.1. The van der Waals surface area contributed by atoms with Gasteiger partial charge in [0.25, 0.3) is 0 Å². The van der Waals surface area contributed by atoms with Crippen molar-refractivity contribution in [2.45, 2.75) is 79.0 Å². The fourth-order valence-corrected chi connectivity index (χ4v) is 4.01. The number of tetrazole rings is 1. The standard InChI is InChI=1S/C28H37N5O3/c1-7-8-13-24(34)23-16-19(17-29-25(18(2)3)27(35)36-28(4,5)6)14-15-21(23)20-11-9-10-12-22(20)26-30-32-33-31-26/h9-12,14-16,18,25,29H,7-8,13,17H2,1-6H3,(H,30,31,32,33)/t25-/m0/s1. The van der Waals surface area contributed by atoms with E-state index in [4.69, 9.17) is 4.74 Å². The molecule has 192 valence electrons. The van der Waals surface area contributed by atoms with Crippen LogP contribution >= 0.6 is 0 Å². The summed E-state index contributed by atoms with van der Waals surface area (Å²) < 4.78 is 5.61. The minimum Gasteiger partial charge on any atom is -0.459 e. The summed E-state index contributed by atoms with van der Waals surface area (Å²) in [5, 5.41) is 17.8. The van der Waals surface area contributed by atoms with Crippen LogP contribution in [0.15, 0.2) is 42.5 Å². The highest BCUT2D eigenvalue weighted by Gasteiger charge is 2.27. The Bertz CT molecular complexity index is 1170. The second kappa shape index (κ2) is 12.0. The summed E-state index contributed by atoms with van der Waals surface area (Å²) in [6, 6.07) is 13.2. The predicted octanol–water partition coefficient (Wildman–Crippen LogP) is 5.36. The molecule has 0 aliphatic carbocycles. The highest BCUT2D eigenvalue weighted by atomic mass is 16.6. The van der Waals surface area contributed by atoms with Crippen LogP contribution in [-0.4, -0.2) is 44.0 Å². The lowest BCUT2D eigenvalue weighted by atomic mass is 9.90. The molecular formula is C28H37N5O3. The van der Waals surface area contributed by atoms with Crippen molar-refractivity contribution in [2.75, 3.05) is 0 Å². The molecule has 3 aromatic rings. The van der Waals surface area contributed by atoms with Gasteiger partial charge in [0, 0.05) is 24.1 Å². The van der Waals surface area contributed by atoms with E-state index in [1.807, 2.05) is 77.1 Å². The number of nitrogens with zero attached hydrogens (tertiary/aromatic N) is 3. The lowest BCUT2D eigenvalue weighted by Gasteiger charge is -2.26. The first kappa shape index (κ1) is 27.2. The third-order valence-corrected chi connectivity index (χ3v) is 5.80. The molecule has 0 aliphatic heterocycles. The van der Waals surface area contributed by atoms with E-state index < -0.39 is 11.6 Å². The number of hydrogen-bond acceptors (Lipinski definition) is 7. The van der Waals surface area contributed by atoms with Crippen molar-refractivity contribution in [3.8, 4) is 22.5 Å². The normalized spacial score (nSPS) is 12.5. The van der Waals surface area contributed by atoms with Gasteiger partial charge in [0.2, 0.25) is 5.82 Å². The highest BCUT2D eigenvalue weighted by molar-refractivity contribution is 6.04. The zero-order valence-corrected chi connectivity index (χ0v) is 22.1. The lowest BCUT2D eigenvalue weighted by Crippen LogP contribution is -2.44. The van der Waals surface area contributed by atoms with Crippen LogP contribution in [0.25, 0.3) is 22.5 Å². The van der Waals surface area contributed by atoms with Crippen molar-refractivity contribution in [3.63, 3.8) is 0 Å². The molecule has 0 unspecified atom stereocenters. The topological polar surface area (TPSA) is 110 Å². The number of hydrogen-bond donors (Lipinski definition) is 2. The number of esters is 1. The van der Waals surface area contributed by atoms with Gasteiger partial charge in [-0.3, -0.25) is 9.59 Å². The molecule has 2 N–H and O–H groups in total. The minimum absolute atomic E-state index is 0.0478. The number of ketones is 1. The number of unbranched alkanes of at least 4 members (excludes halogenated alkanes) is 1. The zero-order valence-electron chi connectivity index (χ0n) is 22.1. The molecule has 0 aliphatic rings. The number of nitrogens with one attached hydrogen (secondary N) is 2. The summed E-state index contributed by atoms with van der Waals surface area (Å²) >= 11 is 0. The molecule has 8 heteroatoms. The zero-order chi connectivity index (χ0) is 26.3. The van der Waals surface area contributed by atoms with Crippen molar-refractivity contribution in [1.29, 1.82) is 0 Å². The van der Waals surface area contributed by atoms with Gasteiger partial charge in [-0.2, -0.15) is 5.21 Å². The van der Waals surface area contributed by atoms with Crippen LogP contribution in [0.4, 0.5) is 0 Å². The number of aromatic amines is 1. The second-order valence-corrected chi connectivity index (χ2v) is 10.3. The fraction of sp³-hybridized carbons (Fsp3) is 0.464. The van der Waals surface area contributed by atoms with Crippen LogP contribution in [0.3, 0.4) is 0 Å². The van der Waals surface area contributed by atoms with E-state index in [-0.39, 0.29) is 17.7 Å². The Kier molecular flexibility index (Phi) is 9.09. The molecule has 0 bridgehead atoms. The number of benzene rings is 2. The Morgan fingerprint density at radius 3 is 2.39 bits per heavy atom. The molecule has 0 radical (unpaired) electrons. The Labute approximate surface area is 213 Å². The van der Waals surface area contributed by atoms with Crippen LogP contribution in [-0.2, 0) is 16.1 Å². The van der Waals surface area contributed by atoms with Crippen LogP contribution in [0.2, 0.25) is 0 Å². The number of ether oxygens (including phenoxy) is 1. The summed E-state index contributed by atoms with van der Waals surface area (Å²) in [6.07, 6.45) is 2.23. The molecule has 1 heterocycles. The van der Waals surface area contributed by atoms with Crippen molar-refractivity contribution in [1.82, 2.24) is 25.9 Å². The Morgan fingerprint density at radius 1 is 1.06 bits per heavy atom. The first-order valence-electron chi connectivity index (χ1n) is 12.6. The Morgan fingerprint density at radius 2 is 1.78 bits per heavy atom. The first-order chi connectivity index (χ1) is 17.1. The third kappa shape index (κ3) is 7.07. The molecule has 0 fully saturated rings. The van der Waals surface area contributed by atoms with E-state index in [0.29, 0.717) is 24.4 Å². The van der Waals surface area contributed by atoms with E-state index in [1.54, 1.807) is 0 Å². The van der Waals surface area contributed by atoms with E-state index in [1.165, 1.54) is 0 Å². The molecule has 3 rings (SSSR count). The van der Waals surface area contributed by atoms with Crippen molar-refractivity contribution < 1.29 is 14.3 Å². The number of H-pyrrole nitrogens is 1. The molecule has 1 atom stereocenters. The van der Waals surface area contributed by atoms with Gasteiger partial charge in [-0.15, -0.1) is 10.2 Å². The first-order valence-corrected chi connectivity index (χ1v) is 12.6. The molecular weight excluding hydrogens is 454 g/mol. The maximum absolute atomic E-state index is 13.3. The maximum atomic E-state index is 13.3. The van der Waals surface area contributed by atoms with Crippen LogP contribution < -0.4 is 5.32 Å². The monoisotopic (exact) mass is 491 g/mol. The molecule has 0 saturated heterocycles. The SMILES string of the molecule is CCCCC(=O)c1cc(CN[C@H](C(=O)OC(C)(C)C)C(C)C)ccc1-c1ccccc1-c1nn[nH]n1. The smallest absolute Gasteiger partial charge is 0.323 e. The molecule has 36 heavy (non-hydrogen) atoms. The van der Waals surface area contributed by atoms with E-state index in [0.717, 1.165) is 35.1 Å². The summed E-state index contributed by atoms with van der Waals surface area (Å²) in [6.45, 7) is 12.1.